The van der Waals surface area contributed by atoms with Crippen LogP contribution in [0.15, 0.2) is 60.7 Å². The van der Waals surface area contributed by atoms with Crippen LogP contribution in [-0.2, 0) is 15.3 Å². The number of hydrogen-bond acceptors (Lipinski definition) is 3. The molecule has 2 aliphatic rings. The molecule has 4 rings (SSSR count). The molecular weight excluding hydrogens is 437 g/mol. The van der Waals surface area contributed by atoms with Gasteiger partial charge in [0.15, 0.2) is 0 Å². The van der Waals surface area contributed by atoms with E-state index in [1.54, 1.807) is 0 Å². The average molecular weight is 465 g/mol. The minimum absolute atomic E-state index is 0.107. The second-order valence-corrected chi connectivity index (χ2v) is 6.86. The maximum atomic E-state index is 6.67. The van der Waals surface area contributed by atoms with Gasteiger partial charge in [-0.15, -0.1) is 0 Å². The van der Waals surface area contributed by atoms with Crippen molar-refractivity contribution in [2.45, 2.75) is 37.2 Å². The van der Waals surface area contributed by atoms with Crippen LogP contribution in [0.2, 0.25) is 0 Å². The van der Waals surface area contributed by atoms with E-state index in [1.165, 1.54) is 19.3 Å². The minimum atomic E-state index is -0.786. The fourth-order valence-corrected chi connectivity index (χ4v) is 4.03. The quantitative estimate of drug-likeness (QED) is 0.479. The number of nitrogens with zero attached hydrogens (tertiary/aromatic N) is 1. The Balaban J connectivity index is 0.000000948. The first-order valence-electron chi connectivity index (χ1n) is 9.30. The molecule has 2 fully saturated rings. The van der Waals surface area contributed by atoms with Gasteiger partial charge in [0.25, 0.3) is 0 Å². The van der Waals surface area contributed by atoms with E-state index in [1.807, 2.05) is 41.3 Å². The first kappa shape index (κ1) is 19.8. The zero-order chi connectivity index (χ0) is 18.4. The monoisotopic (exact) mass is 465 g/mol. The molecule has 0 radical (unpaired) electrons. The van der Waals surface area contributed by atoms with Gasteiger partial charge in [0.2, 0.25) is 5.79 Å². The summed E-state index contributed by atoms with van der Waals surface area (Å²) >= 11 is 2.15. The van der Waals surface area contributed by atoms with Crippen molar-refractivity contribution < 1.29 is 9.47 Å². The van der Waals surface area contributed by atoms with Crippen LogP contribution in [0.25, 0.3) is 0 Å². The summed E-state index contributed by atoms with van der Waals surface area (Å²) in [6, 6.07) is 21.1. The van der Waals surface area contributed by atoms with Gasteiger partial charge in [0, 0.05) is 17.2 Å². The molecular formula is C22H28INO2. The van der Waals surface area contributed by atoms with Crippen LogP contribution >= 0.6 is 22.6 Å². The second-order valence-electron chi connectivity index (χ2n) is 6.86. The maximum absolute atomic E-state index is 6.67. The van der Waals surface area contributed by atoms with Crippen molar-refractivity contribution in [1.29, 1.82) is 0 Å². The normalized spacial score (nSPS) is 25.3. The van der Waals surface area contributed by atoms with Crippen LogP contribution in [0.3, 0.4) is 0 Å². The highest BCUT2D eigenvalue weighted by Crippen LogP contribution is 2.42. The van der Waals surface area contributed by atoms with Gasteiger partial charge < -0.3 is 14.4 Å². The third-order valence-corrected chi connectivity index (χ3v) is 5.33. The zero-order valence-corrected chi connectivity index (χ0v) is 17.8. The predicted molar refractivity (Wildman–Crippen MR) is 115 cm³/mol. The molecule has 2 aliphatic heterocycles. The summed E-state index contributed by atoms with van der Waals surface area (Å²) in [7, 11) is 2.21. The van der Waals surface area contributed by atoms with Gasteiger partial charge in [-0.3, -0.25) is 0 Å². The maximum Gasteiger partial charge on any atom is 0.222 e. The van der Waals surface area contributed by atoms with Crippen LogP contribution in [0, 0.1) is 0 Å². The smallest absolute Gasteiger partial charge is 0.222 e. The minimum Gasteiger partial charge on any atom is -0.339 e. The number of rotatable bonds is 3. The fraction of sp³-hybridized carbons (Fsp3) is 0.455. The van der Waals surface area contributed by atoms with E-state index in [0.717, 1.165) is 17.7 Å². The highest BCUT2D eigenvalue weighted by Gasteiger charge is 2.47. The molecule has 0 spiro atoms. The zero-order valence-electron chi connectivity index (χ0n) is 15.6. The molecule has 26 heavy (non-hydrogen) atoms. The van der Waals surface area contributed by atoms with Crippen molar-refractivity contribution in [2.75, 3.05) is 25.1 Å². The van der Waals surface area contributed by atoms with E-state index in [-0.39, 0.29) is 6.10 Å². The molecule has 0 aromatic heterocycles. The predicted octanol–water partition coefficient (Wildman–Crippen LogP) is 4.84. The largest absolute Gasteiger partial charge is 0.339 e. The van der Waals surface area contributed by atoms with Crippen molar-refractivity contribution >= 4 is 22.6 Å². The lowest BCUT2D eigenvalue weighted by atomic mass is 9.96. The first-order valence-corrected chi connectivity index (χ1v) is 11.5. The van der Waals surface area contributed by atoms with Crippen molar-refractivity contribution in [2.24, 2.45) is 0 Å². The Labute approximate surface area is 170 Å². The van der Waals surface area contributed by atoms with Crippen LogP contribution in [0.5, 0.6) is 0 Å². The molecule has 0 saturated carbocycles. The summed E-state index contributed by atoms with van der Waals surface area (Å²) < 4.78 is 13.0. The van der Waals surface area contributed by atoms with Crippen molar-refractivity contribution in [1.82, 2.24) is 4.90 Å². The summed E-state index contributed by atoms with van der Waals surface area (Å²) in [5, 5.41) is 0. The standard InChI is InChI=1S/C21H25NO2.CH3I/c1-22-15-9-8-14-19(22)20-16-23-21(24-20,17-10-4-2-5-11-17)18-12-6-3-7-13-18;1-2/h2-7,10-13,19-20H,8-9,14-16H2,1H3;1H3/t19?,20-;/m1./s1. The molecule has 2 heterocycles. The summed E-state index contributed by atoms with van der Waals surface area (Å²) in [6.45, 7) is 1.78. The number of benzene rings is 2. The first-order chi connectivity index (χ1) is 12.8. The molecule has 0 N–H and O–H groups in total. The van der Waals surface area contributed by atoms with Gasteiger partial charge in [-0.2, -0.15) is 0 Å². The average Bonchev–Trinajstić information content (AvgIpc) is 3.18. The Bertz CT molecular complexity index is 625. The van der Waals surface area contributed by atoms with Crippen molar-refractivity contribution in [3.8, 4) is 0 Å². The lowest BCUT2D eigenvalue weighted by Gasteiger charge is -2.37. The Morgan fingerprint density at radius 2 is 1.50 bits per heavy atom. The summed E-state index contributed by atoms with van der Waals surface area (Å²) in [5.41, 5.74) is 2.13. The van der Waals surface area contributed by atoms with Gasteiger partial charge in [-0.25, -0.2) is 0 Å². The van der Waals surface area contributed by atoms with Crippen LogP contribution < -0.4 is 0 Å². The Kier molecular flexibility index (Phi) is 7.09. The van der Waals surface area contributed by atoms with Gasteiger partial charge >= 0.3 is 0 Å². The molecule has 4 heteroatoms. The van der Waals surface area contributed by atoms with E-state index >= 15 is 0 Å². The highest BCUT2D eigenvalue weighted by atomic mass is 127. The van der Waals surface area contributed by atoms with E-state index in [9.17, 15) is 0 Å². The summed E-state index contributed by atoms with van der Waals surface area (Å²) in [6.07, 6.45) is 3.85. The molecule has 0 aliphatic carbocycles. The molecule has 140 valence electrons. The fourth-order valence-electron chi connectivity index (χ4n) is 4.03. The van der Waals surface area contributed by atoms with E-state index in [2.05, 4.69) is 58.8 Å². The Morgan fingerprint density at radius 1 is 0.923 bits per heavy atom. The van der Waals surface area contributed by atoms with Gasteiger partial charge in [0.05, 0.1) is 6.61 Å². The third kappa shape index (κ3) is 3.98. The van der Waals surface area contributed by atoms with E-state index < -0.39 is 5.79 Å². The lowest BCUT2D eigenvalue weighted by Crippen LogP contribution is -2.46. The van der Waals surface area contributed by atoms with Crippen LogP contribution in [0.4, 0.5) is 0 Å². The molecule has 2 saturated heterocycles. The van der Waals surface area contributed by atoms with Crippen LogP contribution in [-0.4, -0.2) is 42.2 Å². The second kappa shape index (κ2) is 9.31. The van der Waals surface area contributed by atoms with Gasteiger partial charge in [-0.05, 0) is 31.4 Å². The van der Waals surface area contributed by atoms with Crippen molar-refractivity contribution in [3.63, 3.8) is 0 Å². The highest BCUT2D eigenvalue weighted by molar-refractivity contribution is 14.1. The molecule has 2 aromatic carbocycles. The van der Waals surface area contributed by atoms with Crippen LogP contribution in [0.1, 0.15) is 30.4 Å². The Morgan fingerprint density at radius 3 is 2.04 bits per heavy atom. The van der Waals surface area contributed by atoms with E-state index in [4.69, 9.17) is 9.47 Å². The van der Waals surface area contributed by atoms with Gasteiger partial charge in [-0.1, -0.05) is 89.7 Å². The van der Waals surface area contributed by atoms with Gasteiger partial charge in [0.1, 0.15) is 6.10 Å². The summed E-state index contributed by atoms with van der Waals surface area (Å²) in [4.78, 5) is 4.40. The lowest BCUT2D eigenvalue weighted by molar-refractivity contribution is -0.151. The molecule has 2 atom stereocenters. The van der Waals surface area contributed by atoms with E-state index in [0.29, 0.717) is 12.6 Å². The summed E-state index contributed by atoms with van der Waals surface area (Å²) in [5.74, 6) is -0.786. The number of likely N-dealkylation sites (N-methyl/N-ethyl adjacent to an activating group) is 1. The molecule has 0 bridgehead atoms. The topological polar surface area (TPSA) is 21.7 Å². The van der Waals surface area contributed by atoms with Crippen molar-refractivity contribution in [3.05, 3.63) is 71.8 Å². The number of halogens is 1. The number of piperidine rings is 1. The molecule has 3 nitrogen and oxygen atoms in total. The number of ether oxygens (including phenoxy) is 2. The third-order valence-electron chi connectivity index (χ3n) is 5.33. The number of alkyl halides is 1. The molecule has 2 aromatic rings. The number of likely N-dealkylation sites (tertiary alicyclic amines) is 1. The SMILES string of the molecule is CI.CN1CCCCC1[C@H]1COC(c2ccccc2)(c2ccccc2)O1. The number of hydrogen-bond donors (Lipinski definition) is 0. The Hall–Kier alpha value is -0.950. The molecule has 0 amide bonds. The molecule has 1 unspecified atom stereocenters.